The Balaban J connectivity index is 1.78. The van der Waals surface area contributed by atoms with Crippen LogP contribution in [0.5, 0.6) is 0 Å². The second-order valence-corrected chi connectivity index (χ2v) is 8.74. The Morgan fingerprint density at radius 3 is 2.44 bits per heavy atom. The maximum Gasteiger partial charge on any atom is 0.416 e. The fourth-order valence-electron chi connectivity index (χ4n) is 3.62. The van der Waals surface area contributed by atoms with Crippen LogP contribution in [0.1, 0.15) is 31.6 Å². The van der Waals surface area contributed by atoms with Crippen LogP contribution in [0.25, 0.3) is 17.2 Å². The molecule has 0 saturated heterocycles. The van der Waals surface area contributed by atoms with Crippen LogP contribution in [0, 0.1) is 5.95 Å². The first-order chi connectivity index (χ1) is 18.3. The molecule has 0 aliphatic heterocycles. The van der Waals surface area contributed by atoms with E-state index in [2.05, 4.69) is 20.2 Å². The van der Waals surface area contributed by atoms with Crippen molar-refractivity contribution in [1.29, 1.82) is 0 Å². The first kappa shape index (κ1) is 27.9. The van der Waals surface area contributed by atoms with Crippen molar-refractivity contribution in [2.24, 2.45) is 0 Å². The Kier molecular flexibility index (Phi) is 7.83. The molecule has 0 bridgehead atoms. The van der Waals surface area contributed by atoms with Crippen molar-refractivity contribution in [2.45, 2.75) is 45.3 Å². The molecular weight excluding hydrogens is 550 g/mol. The van der Waals surface area contributed by atoms with Gasteiger partial charge in [0.25, 0.3) is 0 Å². The molecule has 0 radical (unpaired) electrons. The summed E-state index contributed by atoms with van der Waals surface area (Å²) in [6, 6.07) is 9.72. The van der Waals surface area contributed by atoms with Crippen molar-refractivity contribution in [3.05, 3.63) is 75.6 Å². The zero-order chi connectivity index (χ0) is 28.5. The normalized spacial score (nSPS) is 13.3. The number of halogens is 5. The standard InChI is InChI=1S/C23H20ClF4N7O4/c1-12(39-13(2)36)20-30-18(31-35(20)19-5-3-4-17(25)29-19)11-34-22(38)33(10-16(37)23(26,27)28)21(32-34)14-6-8-15(24)9-7-14/h3-9,12,16,37H,10-11H2,1-2H3. The van der Waals surface area contributed by atoms with Crippen LogP contribution >= 0.6 is 11.6 Å². The number of aliphatic hydroxyl groups excluding tert-OH is 1. The van der Waals surface area contributed by atoms with Gasteiger partial charge in [0.05, 0.1) is 6.54 Å². The van der Waals surface area contributed by atoms with Crippen molar-refractivity contribution >= 4 is 17.6 Å². The molecule has 39 heavy (non-hydrogen) atoms. The number of benzene rings is 1. The first-order valence-corrected chi connectivity index (χ1v) is 11.7. The van der Waals surface area contributed by atoms with Gasteiger partial charge in [-0.05, 0) is 43.3 Å². The number of esters is 1. The van der Waals surface area contributed by atoms with E-state index in [-0.39, 0.29) is 28.9 Å². The lowest BCUT2D eigenvalue weighted by Gasteiger charge is -2.15. The van der Waals surface area contributed by atoms with E-state index in [4.69, 9.17) is 16.3 Å². The van der Waals surface area contributed by atoms with Crippen molar-refractivity contribution in [3.63, 3.8) is 0 Å². The summed E-state index contributed by atoms with van der Waals surface area (Å²) in [6.45, 7) is 1.11. The van der Waals surface area contributed by atoms with E-state index in [0.717, 1.165) is 15.4 Å². The van der Waals surface area contributed by atoms with E-state index in [9.17, 15) is 32.3 Å². The second kappa shape index (κ2) is 10.9. The quantitative estimate of drug-likeness (QED) is 0.195. The SMILES string of the molecule is CC(=O)OC(C)c1nc(Cn2nc(-c3ccc(Cl)cc3)n(CC(O)C(F)(F)F)c2=O)nn1-c1cccc(F)n1. The molecule has 3 aromatic heterocycles. The van der Waals surface area contributed by atoms with Crippen molar-refractivity contribution < 1.29 is 32.2 Å². The summed E-state index contributed by atoms with van der Waals surface area (Å²) >= 11 is 5.90. The molecule has 4 rings (SSSR count). The Hall–Kier alpha value is -4.11. The lowest BCUT2D eigenvalue weighted by atomic mass is 10.2. The third-order valence-corrected chi connectivity index (χ3v) is 5.60. The van der Waals surface area contributed by atoms with Gasteiger partial charge >= 0.3 is 17.8 Å². The molecule has 1 aromatic carbocycles. The van der Waals surface area contributed by atoms with Crippen LogP contribution in [0.4, 0.5) is 17.6 Å². The molecule has 206 valence electrons. The largest absolute Gasteiger partial charge is 0.455 e. The maximum atomic E-state index is 13.8. The average molecular weight is 570 g/mol. The van der Waals surface area contributed by atoms with E-state index in [1.165, 1.54) is 50.2 Å². The minimum atomic E-state index is -4.99. The molecule has 2 unspecified atom stereocenters. The number of nitrogens with zero attached hydrogens (tertiary/aromatic N) is 7. The van der Waals surface area contributed by atoms with Crippen LogP contribution < -0.4 is 5.69 Å². The molecule has 0 amide bonds. The zero-order valence-corrected chi connectivity index (χ0v) is 21.1. The highest BCUT2D eigenvalue weighted by Crippen LogP contribution is 2.24. The van der Waals surface area contributed by atoms with Gasteiger partial charge in [-0.15, -0.1) is 10.2 Å². The van der Waals surface area contributed by atoms with E-state index in [0.29, 0.717) is 9.59 Å². The van der Waals surface area contributed by atoms with Crippen molar-refractivity contribution in [1.82, 2.24) is 34.1 Å². The number of hydrogen-bond donors (Lipinski definition) is 1. The Morgan fingerprint density at radius 2 is 1.82 bits per heavy atom. The molecule has 4 aromatic rings. The number of hydrogen-bond acceptors (Lipinski definition) is 8. The van der Waals surface area contributed by atoms with Crippen molar-refractivity contribution in [3.8, 4) is 17.2 Å². The first-order valence-electron chi connectivity index (χ1n) is 11.3. The average Bonchev–Trinajstić information content (AvgIpc) is 3.41. The van der Waals surface area contributed by atoms with E-state index >= 15 is 0 Å². The monoisotopic (exact) mass is 569 g/mol. The fourth-order valence-corrected chi connectivity index (χ4v) is 3.74. The van der Waals surface area contributed by atoms with E-state index in [1.807, 2.05) is 0 Å². The van der Waals surface area contributed by atoms with Gasteiger partial charge in [-0.2, -0.15) is 22.2 Å². The lowest BCUT2D eigenvalue weighted by molar-refractivity contribution is -0.207. The maximum absolute atomic E-state index is 13.8. The molecule has 2 atom stereocenters. The predicted molar refractivity (Wildman–Crippen MR) is 127 cm³/mol. The molecular formula is C23H20ClF4N7O4. The van der Waals surface area contributed by atoms with E-state index < -0.39 is 49.1 Å². The van der Waals surface area contributed by atoms with Gasteiger partial charge in [0.2, 0.25) is 5.95 Å². The van der Waals surface area contributed by atoms with Crippen molar-refractivity contribution in [2.75, 3.05) is 0 Å². The molecule has 3 heterocycles. The zero-order valence-electron chi connectivity index (χ0n) is 20.3. The highest BCUT2D eigenvalue weighted by molar-refractivity contribution is 6.30. The molecule has 0 aliphatic rings. The highest BCUT2D eigenvalue weighted by Gasteiger charge is 2.39. The Morgan fingerprint density at radius 1 is 1.13 bits per heavy atom. The summed E-state index contributed by atoms with van der Waals surface area (Å²) in [7, 11) is 0. The van der Waals surface area contributed by atoms with Gasteiger partial charge in [0.1, 0.15) is 6.54 Å². The van der Waals surface area contributed by atoms with Crippen LogP contribution in [-0.4, -0.2) is 57.5 Å². The fraction of sp³-hybridized carbons (Fsp3) is 0.304. The Bertz CT molecular complexity index is 1550. The molecule has 16 heteroatoms. The van der Waals surface area contributed by atoms with Gasteiger partial charge in [0.15, 0.2) is 35.5 Å². The number of rotatable bonds is 8. The number of carbonyl (C=O) groups excluding carboxylic acids is 1. The smallest absolute Gasteiger partial charge is 0.416 e. The van der Waals surface area contributed by atoms with Gasteiger partial charge in [-0.25, -0.2) is 19.4 Å². The molecule has 0 fully saturated rings. The summed E-state index contributed by atoms with van der Waals surface area (Å²) in [5.74, 6) is -1.65. The number of carbonyl (C=O) groups is 1. The lowest BCUT2D eigenvalue weighted by Crippen LogP contribution is -2.37. The molecule has 0 spiro atoms. The summed E-state index contributed by atoms with van der Waals surface area (Å²) in [4.78, 5) is 32.7. The molecule has 0 aliphatic carbocycles. The van der Waals surface area contributed by atoms with Crippen LogP contribution in [-0.2, 0) is 22.6 Å². The summed E-state index contributed by atoms with van der Waals surface area (Å²) in [6.07, 6.45) is -8.79. The van der Waals surface area contributed by atoms with E-state index in [1.54, 1.807) is 0 Å². The molecule has 0 saturated carbocycles. The van der Waals surface area contributed by atoms with Gasteiger partial charge in [-0.3, -0.25) is 9.36 Å². The summed E-state index contributed by atoms with van der Waals surface area (Å²) in [5.41, 5.74) is -0.727. The van der Waals surface area contributed by atoms with Crippen LogP contribution in [0.2, 0.25) is 5.02 Å². The molecule has 11 nitrogen and oxygen atoms in total. The Labute approximate surface area is 222 Å². The third kappa shape index (κ3) is 6.31. The predicted octanol–water partition coefficient (Wildman–Crippen LogP) is 3.08. The number of ether oxygens (including phenoxy) is 1. The minimum absolute atomic E-state index is 0.00391. The number of pyridine rings is 1. The number of aromatic nitrogens is 7. The second-order valence-electron chi connectivity index (χ2n) is 8.31. The minimum Gasteiger partial charge on any atom is -0.455 e. The van der Waals surface area contributed by atoms with Crippen LogP contribution in [0.15, 0.2) is 47.3 Å². The van der Waals surface area contributed by atoms with Gasteiger partial charge in [0, 0.05) is 17.5 Å². The van der Waals surface area contributed by atoms with Crippen LogP contribution in [0.3, 0.4) is 0 Å². The number of aliphatic hydroxyl groups is 1. The van der Waals surface area contributed by atoms with Gasteiger partial charge < -0.3 is 9.84 Å². The summed E-state index contributed by atoms with van der Waals surface area (Å²) in [5, 5.41) is 18.4. The summed E-state index contributed by atoms with van der Waals surface area (Å²) < 4.78 is 60.9. The van der Waals surface area contributed by atoms with Gasteiger partial charge in [-0.1, -0.05) is 17.7 Å². The third-order valence-electron chi connectivity index (χ3n) is 5.35. The highest BCUT2D eigenvalue weighted by atomic mass is 35.5. The molecule has 1 N–H and O–H groups in total. The topological polar surface area (TPSA) is 130 Å². The number of alkyl halides is 3.